The Kier molecular flexibility index (Phi) is 9.64. The van der Waals surface area contributed by atoms with Crippen LogP contribution in [0.3, 0.4) is 0 Å². The Bertz CT molecular complexity index is 1320. The molecule has 4 atom stereocenters. The SMILES string of the molecule is Cc1cc2c(cc1C(=O)NCC1CCCCO1)=CN(CC1CCCC(CC(=O)c3ccc(Cl)cc3)C1)C(C)CC=2. The van der Waals surface area contributed by atoms with Crippen LogP contribution in [0.1, 0.15) is 91.0 Å². The first-order valence-corrected chi connectivity index (χ1v) is 15.5. The Morgan fingerprint density at radius 3 is 2.60 bits per heavy atom. The van der Waals surface area contributed by atoms with Crippen molar-refractivity contribution in [2.24, 2.45) is 11.8 Å². The number of ketones is 1. The van der Waals surface area contributed by atoms with Crippen LogP contribution in [0.25, 0.3) is 12.3 Å². The number of carbonyl (C=O) groups is 2. The van der Waals surface area contributed by atoms with E-state index in [4.69, 9.17) is 16.3 Å². The molecule has 5 rings (SSSR count). The Labute approximate surface area is 243 Å². The number of nitrogens with one attached hydrogen (secondary N) is 1. The predicted octanol–water partition coefficient (Wildman–Crippen LogP) is 5.64. The van der Waals surface area contributed by atoms with Gasteiger partial charge in [-0.2, -0.15) is 0 Å². The van der Waals surface area contributed by atoms with Gasteiger partial charge in [0, 0.05) is 54.5 Å². The van der Waals surface area contributed by atoms with Gasteiger partial charge in [-0.1, -0.05) is 30.2 Å². The Morgan fingerprint density at radius 2 is 1.82 bits per heavy atom. The van der Waals surface area contributed by atoms with Gasteiger partial charge >= 0.3 is 0 Å². The molecule has 1 saturated carbocycles. The highest BCUT2D eigenvalue weighted by Gasteiger charge is 2.27. The molecular weight excluding hydrogens is 520 g/mol. The van der Waals surface area contributed by atoms with Gasteiger partial charge in [-0.15, -0.1) is 0 Å². The zero-order valence-electron chi connectivity index (χ0n) is 24.0. The molecule has 214 valence electrons. The first kappa shape index (κ1) is 28.9. The molecule has 5 nitrogen and oxygen atoms in total. The van der Waals surface area contributed by atoms with Crippen LogP contribution in [0, 0.1) is 18.8 Å². The normalized spacial score (nSPS) is 24.7. The first-order chi connectivity index (χ1) is 19.4. The molecule has 1 amide bonds. The largest absolute Gasteiger partial charge is 0.376 e. The summed E-state index contributed by atoms with van der Waals surface area (Å²) in [6.45, 7) is 6.65. The van der Waals surface area contributed by atoms with Gasteiger partial charge in [0.2, 0.25) is 0 Å². The van der Waals surface area contributed by atoms with Gasteiger partial charge in [-0.05, 0) is 117 Å². The molecule has 0 spiro atoms. The molecule has 1 saturated heterocycles. The third kappa shape index (κ3) is 7.36. The summed E-state index contributed by atoms with van der Waals surface area (Å²) in [6.07, 6.45) is 14.1. The summed E-state index contributed by atoms with van der Waals surface area (Å²) in [5.74, 6) is 1.18. The van der Waals surface area contributed by atoms with Crippen molar-refractivity contribution in [2.75, 3.05) is 19.7 Å². The number of hydrogen-bond donors (Lipinski definition) is 1. The molecule has 2 heterocycles. The lowest BCUT2D eigenvalue weighted by atomic mass is 9.78. The number of nitrogens with zero attached hydrogens (tertiary/aromatic N) is 1. The van der Waals surface area contributed by atoms with Crippen molar-refractivity contribution in [3.8, 4) is 0 Å². The highest BCUT2D eigenvalue weighted by atomic mass is 35.5. The molecule has 2 fully saturated rings. The second-order valence-corrected chi connectivity index (χ2v) is 12.6. The molecule has 6 heteroatoms. The summed E-state index contributed by atoms with van der Waals surface area (Å²) < 4.78 is 5.80. The number of Topliss-reactive ketones (excluding diaryl/α,β-unsaturated/α-hetero) is 1. The number of halogens is 1. The Morgan fingerprint density at radius 1 is 1.02 bits per heavy atom. The molecule has 2 aliphatic heterocycles. The minimum atomic E-state index is -0.0211. The van der Waals surface area contributed by atoms with Crippen molar-refractivity contribution >= 4 is 35.6 Å². The van der Waals surface area contributed by atoms with E-state index in [1.54, 1.807) is 12.1 Å². The van der Waals surface area contributed by atoms with Crippen LogP contribution in [0.15, 0.2) is 36.4 Å². The minimum Gasteiger partial charge on any atom is -0.376 e. The van der Waals surface area contributed by atoms with E-state index in [1.165, 1.54) is 18.1 Å². The average Bonchev–Trinajstić information content (AvgIpc) is 3.10. The van der Waals surface area contributed by atoms with Crippen LogP contribution in [0.5, 0.6) is 0 Å². The van der Waals surface area contributed by atoms with Gasteiger partial charge in [-0.3, -0.25) is 9.59 Å². The molecular formula is C34H43ClN2O3. The zero-order valence-corrected chi connectivity index (χ0v) is 24.7. The van der Waals surface area contributed by atoms with E-state index in [2.05, 4.69) is 41.5 Å². The standard InChI is InChI=1S/C34H43ClN2O3/c1-23-16-28-10-9-24(2)37(22-29(28)19-32(23)34(39)36-20-31-8-3-4-15-40-31)21-26-7-5-6-25(17-26)18-33(38)27-11-13-30(35)14-12-27/h10-14,16,19,22,24-26,31H,3-9,15,17-18,20-21H2,1-2H3,(H,36,39). The summed E-state index contributed by atoms with van der Waals surface area (Å²) in [4.78, 5) is 28.5. The van der Waals surface area contributed by atoms with E-state index in [9.17, 15) is 9.59 Å². The van der Waals surface area contributed by atoms with Crippen molar-refractivity contribution in [3.63, 3.8) is 0 Å². The number of benzene rings is 2. The second kappa shape index (κ2) is 13.4. The van der Waals surface area contributed by atoms with Crippen LogP contribution in [-0.4, -0.2) is 48.4 Å². The maximum Gasteiger partial charge on any atom is 0.251 e. The summed E-state index contributed by atoms with van der Waals surface area (Å²) in [7, 11) is 0. The minimum absolute atomic E-state index is 0.0211. The molecule has 3 aliphatic rings. The summed E-state index contributed by atoms with van der Waals surface area (Å²) >= 11 is 6.00. The number of amides is 1. The molecule has 40 heavy (non-hydrogen) atoms. The smallest absolute Gasteiger partial charge is 0.251 e. The summed E-state index contributed by atoms with van der Waals surface area (Å²) in [6, 6.07) is 11.9. The average molecular weight is 563 g/mol. The van der Waals surface area contributed by atoms with E-state index in [-0.39, 0.29) is 17.8 Å². The fourth-order valence-electron chi connectivity index (χ4n) is 6.59. The highest BCUT2D eigenvalue weighted by molar-refractivity contribution is 6.30. The first-order valence-electron chi connectivity index (χ1n) is 15.1. The fraction of sp³-hybridized carbons (Fsp3) is 0.529. The van der Waals surface area contributed by atoms with Crippen molar-refractivity contribution in [2.45, 2.75) is 83.8 Å². The van der Waals surface area contributed by atoms with E-state index in [0.717, 1.165) is 73.6 Å². The molecule has 2 aromatic carbocycles. The number of rotatable bonds is 8. The number of ether oxygens (including phenoxy) is 1. The topological polar surface area (TPSA) is 58.6 Å². The molecule has 0 radical (unpaired) electrons. The van der Waals surface area contributed by atoms with Crippen LogP contribution in [-0.2, 0) is 4.74 Å². The van der Waals surface area contributed by atoms with Crippen molar-refractivity contribution in [1.82, 2.24) is 10.2 Å². The lowest BCUT2D eigenvalue weighted by Gasteiger charge is -2.35. The maximum atomic E-state index is 13.1. The number of fused-ring (bicyclic) bond motifs is 1. The van der Waals surface area contributed by atoms with Gasteiger partial charge in [-0.25, -0.2) is 0 Å². The van der Waals surface area contributed by atoms with Crippen molar-refractivity contribution in [3.05, 3.63) is 68.5 Å². The summed E-state index contributed by atoms with van der Waals surface area (Å²) in [5, 5.41) is 6.09. The molecule has 1 N–H and O–H groups in total. The van der Waals surface area contributed by atoms with Gasteiger partial charge in [0.25, 0.3) is 5.91 Å². The third-order valence-corrected chi connectivity index (χ3v) is 9.24. The lowest BCUT2D eigenvalue weighted by Crippen LogP contribution is -2.38. The number of hydrogen-bond acceptors (Lipinski definition) is 4. The molecule has 0 bridgehead atoms. The zero-order chi connectivity index (χ0) is 28.1. The number of carbonyl (C=O) groups excluding carboxylic acids is 2. The van der Waals surface area contributed by atoms with Crippen LogP contribution in [0.2, 0.25) is 5.02 Å². The van der Waals surface area contributed by atoms with Crippen molar-refractivity contribution in [1.29, 1.82) is 0 Å². The number of aryl methyl sites for hydroxylation is 1. The Balaban J connectivity index is 1.26. The van der Waals surface area contributed by atoms with Gasteiger partial charge < -0.3 is 15.0 Å². The second-order valence-electron chi connectivity index (χ2n) is 12.1. The van der Waals surface area contributed by atoms with Gasteiger partial charge in [0.05, 0.1) is 6.10 Å². The van der Waals surface area contributed by atoms with Gasteiger partial charge in [0.1, 0.15) is 0 Å². The molecule has 1 aliphatic carbocycles. The molecule has 0 aromatic heterocycles. The van der Waals surface area contributed by atoms with Gasteiger partial charge in [0.15, 0.2) is 5.78 Å². The predicted molar refractivity (Wildman–Crippen MR) is 162 cm³/mol. The molecule has 4 unspecified atom stereocenters. The third-order valence-electron chi connectivity index (χ3n) is 8.99. The van der Waals surface area contributed by atoms with E-state index < -0.39 is 0 Å². The van der Waals surface area contributed by atoms with E-state index in [1.807, 2.05) is 19.1 Å². The lowest BCUT2D eigenvalue weighted by molar-refractivity contribution is 0.0169. The Hall–Kier alpha value is -2.63. The van der Waals surface area contributed by atoms with Crippen LogP contribution in [0.4, 0.5) is 0 Å². The van der Waals surface area contributed by atoms with E-state index in [0.29, 0.717) is 35.9 Å². The van der Waals surface area contributed by atoms with Crippen LogP contribution < -0.4 is 15.8 Å². The maximum absolute atomic E-state index is 13.1. The fourth-order valence-corrected chi connectivity index (χ4v) is 6.72. The summed E-state index contributed by atoms with van der Waals surface area (Å²) in [5.41, 5.74) is 2.51. The monoisotopic (exact) mass is 562 g/mol. The van der Waals surface area contributed by atoms with Crippen LogP contribution >= 0.6 is 11.6 Å². The molecule has 2 aromatic rings. The van der Waals surface area contributed by atoms with Crippen molar-refractivity contribution < 1.29 is 14.3 Å². The highest BCUT2D eigenvalue weighted by Crippen LogP contribution is 2.33. The van der Waals surface area contributed by atoms with E-state index >= 15 is 0 Å². The quantitative estimate of drug-likeness (QED) is 0.423.